The lowest BCUT2D eigenvalue weighted by atomic mass is 10.2. The fourth-order valence-electron chi connectivity index (χ4n) is 0.738. The number of benzene rings is 1. The molecule has 0 aliphatic rings. The first-order valence-electron chi connectivity index (χ1n) is 3.03. The van der Waals surface area contributed by atoms with Crippen LogP contribution in [0.15, 0.2) is 29.2 Å². The van der Waals surface area contributed by atoms with Crippen LogP contribution in [0, 0.1) is 0 Å². The molecule has 0 spiro atoms. The van der Waals surface area contributed by atoms with Crippen molar-refractivity contribution in [3.8, 4) is 0 Å². The van der Waals surface area contributed by atoms with Gasteiger partial charge in [0.15, 0.2) is 10.7 Å². The lowest BCUT2D eigenvalue weighted by molar-refractivity contribution is 0.101. The van der Waals surface area contributed by atoms with Crippen LogP contribution in [-0.2, 0) is 12.6 Å². The van der Waals surface area contributed by atoms with E-state index in [9.17, 15) is 4.79 Å². The van der Waals surface area contributed by atoms with Crippen LogP contribution in [0.1, 0.15) is 17.3 Å². The molecular formula is C8H9OS+. The number of ketones is 1. The molecule has 10 heavy (non-hydrogen) atoms. The predicted molar refractivity (Wildman–Crippen MR) is 44.9 cm³/mol. The van der Waals surface area contributed by atoms with Crippen LogP contribution in [0.5, 0.6) is 0 Å². The van der Waals surface area contributed by atoms with Crippen LogP contribution >= 0.6 is 0 Å². The summed E-state index contributed by atoms with van der Waals surface area (Å²) in [6.45, 7) is 1.56. The Kier molecular flexibility index (Phi) is 2.12. The first-order chi connectivity index (χ1) is 4.70. The number of hydrogen-bond acceptors (Lipinski definition) is 1. The largest absolute Gasteiger partial charge is 0.295 e. The highest BCUT2D eigenvalue weighted by molar-refractivity contribution is 7.58. The van der Waals surface area contributed by atoms with Crippen LogP contribution in [0.4, 0.5) is 0 Å². The standard InChI is InChI=1S/C8H8OS/c1-6(9)7-3-2-4-8(10)5-7/h2-5,10H,1H3/p+1. The third kappa shape index (κ3) is 1.61. The summed E-state index contributed by atoms with van der Waals surface area (Å²) < 4.78 is 0. The summed E-state index contributed by atoms with van der Waals surface area (Å²) in [7, 11) is 0. The van der Waals surface area contributed by atoms with Crippen molar-refractivity contribution in [2.24, 2.45) is 0 Å². The third-order valence-electron chi connectivity index (χ3n) is 1.27. The van der Waals surface area contributed by atoms with E-state index in [2.05, 4.69) is 12.6 Å². The second-order valence-electron chi connectivity index (χ2n) is 2.14. The molecule has 0 amide bonds. The van der Waals surface area contributed by atoms with Gasteiger partial charge in [0, 0.05) is 11.6 Å². The van der Waals surface area contributed by atoms with Crippen molar-refractivity contribution in [3.05, 3.63) is 29.8 Å². The van der Waals surface area contributed by atoms with Gasteiger partial charge < -0.3 is 0 Å². The molecule has 1 aromatic rings. The van der Waals surface area contributed by atoms with Crippen molar-refractivity contribution in [3.63, 3.8) is 0 Å². The SMILES string of the molecule is CC(=O)c1cccc([SH2+])c1. The summed E-state index contributed by atoms with van der Waals surface area (Å²) in [4.78, 5) is 11.7. The average molecular weight is 153 g/mol. The highest BCUT2D eigenvalue weighted by Crippen LogP contribution is 2.04. The van der Waals surface area contributed by atoms with Gasteiger partial charge in [-0.3, -0.25) is 4.79 Å². The fraction of sp³-hybridized carbons (Fsp3) is 0.125. The molecule has 0 aliphatic carbocycles. The molecule has 52 valence electrons. The molecule has 0 N–H and O–H groups in total. The van der Waals surface area contributed by atoms with Gasteiger partial charge in [-0.15, -0.1) is 0 Å². The summed E-state index contributed by atoms with van der Waals surface area (Å²) in [6, 6.07) is 7.34. The molecule has 0 aliphatic heterocycles. The lowest BCUT2D eigenvalue weighted by Gasteiger charge is -1.90. The molecule has 0 aromatic heterocycles. The molecule has 0 unspecified atom stereocenters. The summed E-state index contributed by atoms with van der Waals surface area (Å²) in [5.41, 5.74) is 0.743. The van der Waals surface area contributed by atoms with Gasteiger partial charge in [0.2, 0.25) is 0 Å². The van der Waals surface area contributed by atoms with E-state index in [-0.39, 0.29) is 5.78 Å². The normalized spacial score (nSPS) is 9.40. The smallest absolute Gasteiger partial charge is 0.159 e. The zero-order chi connectivity index (χ0) is 7.56. The molecule has 2 heteroatoms. The van der Waals surface area contributed by atoms with Gasteiger partial charge in [-0.2, -0.15) is 0 Å². The van der Waals surface area contributed by atoms with E-state index in [0.717, 1.165) is 10.5 Å². The van der Waals surface area contributed by atoms with Crippen LogP contribution in [0.2, 0.25) is 0 Å². The molecule has 0 heterocycles. The topological polar surface area (TPSA) is 17.1 Å². The van der Waals surface area contributed by atoms with Crippen molar-refractivity contribution >= 4 is 18.4 Å². The minimum absolute atomic E-state index is 0.0973. The van der Waals surface area contributed by atoms with Crippen LogP contribution < -0.4 is 0 Å². The molecule has 1 rings (SSSR count). The second kappa shape index (κ2) is 2.88. The van der Waals surface area contributed by atoms with Crippen molar-refractivity contribution in [1.82, 2.24) is 0 Å². The highest BCUT2D eigenvalue weighted by atomic mass is 32.1. The van der Waals surface area contributed by atoms with E-state index in [1.54, 1.807) is 19.1 Å². The number of carbonyl (C=O) groups excluding carboxylic acids is 1. The molecular weight excluding hydrogens is 144 g/mol. The van der Waals surface area contributed by atoms with Gasteiger partial charge in [0.25, 0.3) is 0 Å². The number of Topliss-reactive ketones (excluding diaryl/α,β-unsaturated/α-hetero) is 1. The van der Waals surface area contributed by atoms with E-state index in [1.807, 2.05) is 12.1 Å². The van der Waals surface area contributed by atoms with Crippen molar-refractivity contribution in [2.75, 3.05) is 0 Å². The highest BCUT2D eigenvalue weighted by Gasteiger charge is 1.99. The third-order valence-corrected chi connectivity index (χ3v) is 1.58. The maximum Gasteiger partial charge on any atom is 0.159 e. The maximum absolute atomic E-state index is 10.8. The van der Waals surface area contributed by atoms with Gasteiger partial charge in [-0.1, -0.05) is 12.1 Å². The van der Waals surface area contributed by atoms with E-state index in [0.29, 0.717) is 0 Å². The first kappa shape index (κ1) is 7.35. The van der Waals surface area contributed by atoms with Gasteiger partial charge >= 0.3 is 0 Å². The molecule has 0 fully saturated rings. The van der Waals surface area contributed by atoms with Gasteiger partial charge in [-0.25, -0.2) is 0 Å². The number of rotatable bonds is 1. The zero-order valence-corrected chi connectivity index (χ0v) is 6.72. The maximum atomic E-state index is 10.8. The van der Waals surface area contributed by atoms with Gasteiger partial charge in [0.1, 0.15) is 0 Å². The molecule has 0 saturated heterocycles. The quantitative estimate of drug-likeness (QED) is 0.438. The Labute approximate surface area is 65.5 Å². The monoisotopic (exact) mass is 153 g/mol. The minimum atomic E-state index is 0.0973. The Hall–Kier alpha value is -0.760. The second-order valence-corrected chi connectivity index (χ2v) is 2.71. The van der Waals surface area contributed by atoms with E-state index >= 15 is 0 Å². The minimum Gasteiger partial charge on any atom is -0.295 e. The predicted octanol–water partition coefficient (Wildman–Crippen LogP) is 1.26. The van der Waals surface area contributed by atoms with Crippen molar-refractivity contribution < 1.29 is 4.79 Å². The van der Waals surface area contributed by atoms with Gasteiger partial charge in [-0.05, 0) is 25.6 Å². The Morgan fingerprint density at radius 2 is 2.20 bits per heavy atom. The molecule has 0 saturated carbocycles. The first-order valence-corrected chi connectivity index (χ1v) is 3.53. The van der Waals surface area contributed by atoms with E-state index in [1.165, 1.54) is 0 Å². The summed E-state index contributed by atoms with van der Waals surface area (Å²) in [6.07, 6.45) is 0. The lowest BCUT2D eigenvalue weighted by Crippen LogP contribution is -1.90. The molecule has 0 atom stereocenters. The van der Waals surface area contributed by atoms with Crippen LogP contribution in [0.25, 0.3) is 0 Å². The Morgan fingerprint density at radius 3 is 2.60 bits per heavy atom. The van der Waals surface area contributed by atoms with Crippen molar-refractivity contribution in [2.45, 2.75) is 11.8 Å². The molecule has 0 radical (unpaired) electrons. The zero-order valence-electron chi connectivity index (χ0n) is 5.72. The summed E-state index contributed by atoms with van der Waals surface area (Å²) in [5, 5.41) is 0. The van der Waals surface area contributed by atoms with Crippen LogP contribution in [0.3, 0.4) is 0 Å². The number of carbonyl (C=O) groups is 1. The molecule has 1 nitrogen and oxygen atoms in total. The van der Waals surface area contributed by atoms with Crippen molar-refractivity contribution in [1.29, 1.82) is 0 Å². The van der Waals surface area contributed by atoms with Crippen LogP contribution in [-0.4, -0.2) is 5.78 Å². The molecule has 0 bridgehead atoms. The van der Waals surface area contributed by atoms with E-state index < -0.39 is 0 Å². The molecule has 1 aromatic carbocycles. The number of hydrogen-bond donors (Lipinski definition) is 0. The summed E-state index contributed by atoms with van der Waals surface area (Å²) in [5.74, 6) is 0.0973. The average Bonchev–Trinajstić information content (AvgIpc) is 1.88. The Bertz CT molecular complexity index is 255. The Balaban J connectivity index is 3.07. The summed E-state index contributed by atoms with van der Waals surface area (Å²) >= 11 is 3.33. The van der Waals surface area contributed by atoms with Gasteiger partial charge in [0.05, 0.1) is 0 Å². The van der Waals surface area contributed by atoms with E-state index in [4.69, 9.17) is 0 Å². The Morgan fingerprint density at radius 1 is 1.50 bits per heavy atom. The fourth-order valence-corrected chi connectivity index (χ4v) is 0.990.